The Morgan fingerprint density at radius 2 is 1.96 bits per heavy atom. The highest BCUT2D eigenvalue weighted by molar-refractivity contribution is 7.82. The fourth-order valence-electron chi connectivity index (χ4n) is 2.33. The van der Waals surface area contributed by atoms with E-state index >= 15 is 0 Å². The van der Waals surface area contributed by atoms with E-state index in [1.54, 1.807) is 18.2 Å². The predicted molar refractivity (Wildman–Crippen MR) is 90.3 cm³/mol. The molecule has 0 saturated heterocycles. The van der Waals surface area contributed by atoms with Gasteiger partial charge in [-0.3, -0.25) is 9.10 Å². The number of nitrogens with zero attached hydrogens (tertiary/aromatic N) is 1. The summed E-state index contributed by atoms with van der Waals surface area (Å²) >= 11 is -1.78. The van der Waals surface area contributed by atoms with Crippen molar-refractivity contribution in [2.75, 3.05) is 16.2 Å². The summed E-state index contributed by atoms with van der Waals surface area (Å²) in [5.74, 6) is -0.00240. The fourth-order valence-corrected chi connectivity index (χ4v) is 3.29. The molecule has 1 aliphatic heterocycles. The van der Waals surface area contributed by atoms with Crippen LogP contribution >= 0.6 is 0 Å². The highest BCUT2D eigenvalue weighted by Crippen LogP contribution is 2.32. The van der Waals surface area contributed by atoms with Crippen LogP contribution in [-0.2, 0) is 16.1 Å². The van der Waals surface area contributed by atoms with Gasteiger partial charge in [0.05, 0.1) is 17.9 Å². The molecule has 0 bridgehead atoms. The van der Waals surface area contributed by atoms with Gasteiger partial charge in [-0.15, -0.1) is 0 Å². The van der Waals surface area contributed by atoms with Gasteiger partial charge < -0.3 is 15.2 Å². The van der Waals surface area contributed by atoms with Crippen LogP contribution in [0.2, 0.25) is 0 Å². The number of carbonyl (C=O) groups excluding carboxylic acids is 1. The van der Waals surface area contributed by atoms with Gasteiger partial charge in [-0.05, 0) is 31.2 Å². The number of amides is 1. The van der Waals surface area contributed by atoms with Gasteiger partial charge in [-0.2, -0.15) is 4.21 Å². The number of carbonyl (C=O) groups is 1. The molecule has 2 unspecified atom stereocenters. The Hall–Kier alpha value is -2.54. The van der Waals surface area contributed by atoms with Crippen LogP contribution in [0.3, 0.4) is 0 Å². The summed E-state index contributed by atoms with van der Waals surface area (Å²) in [6, 6.07) is 13.9. The minimum Gasteiger partial charge on any atom is -0.385 e. The number of fused-ring (bicyclic) bond motifs is 1. The lowest BCUT2D eigenvalue weighted by molar-refractivity contribution is -0.118. The van der Waals surface area contributed by atoms with E-state index in [4.69, 9.17) is 9.92 Å². The Bertz CT molecular complexity index is 748. The van der Waals surface area contributed by atoms with Gasteiger partial charge in [0.1, 0.15) is 11.8 Å². The van der Waals surface area contributed by atoms with Gasteiger partial charge in [-0.1, -0.05) is 29.8 Å². The molecule has 1 aliphatic rings. The molecule has 1 amide bonds. The number of benzene rings is 2. The first-order chi connectivity index (χ1) is 11.0. The summed E-state index contributed by atoms with van der Waals surface area (Å²) < 4.78 is 19.7. The largest absolute Gasteiger partial charge is 0.385 e. The third-order valence-corrected chi connectivity index (χ3v) is 4.60. The number of nitrogens with two attached hydrogens (primary N) is 1. The Kier molecular flexibility index (Phi) is 4.20. The smallest absolute Gasteiger partial charge is 0.318 e. The summed E-state index contributed by atoms with van der Waals surface area (Å²) in [7, 11) is 0. The van der Waals surface area contributed by atoms with Gasteiger partial charge in [0.15, 0.2) is 0 Å². The number of aryl methyl sites for hydroxylation is 1. The molecule has 120 valence electrons. The maximum Gasteiger partial charge on any atom is 0.318 e. The lowest BCUT2D eigenvalue weighted by atomic mass is 10.1. The van der Waals surface area contributed by atoms with Crippen LogP contribution in [0.1, 0.15) is 5.56 Å². The second-order valence-electron chi connectivity index (χ2n) is 5.29. The number of para-hydroxylation sites is 2. The Labute approximate surface area is 137 Å². The second kappa shape index (κ2) is 6.29. The molecule has 0 spiro atoms. The first-order valence-corrected chi connectivity index (χ1v) is 8.17. The van der Waals surface area contributed by atoms with E-state index in [1.807, 2.05) is 37.3 Å². The van der Waals surface area contributed by atoms with Crippen LogP contribution in [0.4, 0.5) is 11.4 Å². The summed E-state index contributed by atoms with van der Waals surface area (Å²) in [6.07, 6.45) is 0. The van der Waals surface area contributed by atoms with E-state index in [2.05, 4.69) is 5.32 Å². The minimum atomic E-state index is -1.78. The van der Waals surface area contributed by atoms with E-state index in [0.717, 1.165) is 5.56 Å². The summed E-state index contributed by atoms with van der Waals surface area (Å²) in [6.45, 7) is 2.13. The third kappa shape index (κ3) is 3.29. The van der Waals surface area contributed by atoms with E-state index < -0.39 is 23.2 Å². The van der Waals surface area contributed by atoms with Crippen LogP contribution in [-0.4, -0.2) is 22.7 Å². The van der Waals surface area contributed by atoms with Crippen molar-refractivity contribution in [2.45, 2.75) is 13.0 Å². The van der Waals surface area contributed by atoms with E-state index in [-0.39, 0.29) is 6.54 Å². The summed E-state index contributed by atoms with van der Waals surface area (Å²) in [4.78, 5) is 11.5. The predicted octanol–water partition coefficient (Wildman–Crippen LogP) is 1.74. The van der Waals surface area contributed by atoms with Crippen molar-refractivity contribution in [3.05, 3.63) is 54.1 Å². The molecular formula is C16H17N3O3S. The van der Waals surface area contributed by atoms with Crippen LogP contribution in [0.25, 0.3) is 0 Å². The molecule has 0 saturated carbocycles. The van der Waals surface area contributed by atoms with Crippen LogP contribution < -0.4 is 19.5 Å². The second-order valence-corrected chi connectivity index (χ2v) is 6.33. The number of anilines is 2. The fraction of sp³-hybridized carbons (Fsp3) is 0.188. The van der Waals surface area contributed by atoms with Crippen LogP contribution in [0.5, 0.6) is 5.75 Å². The zero-order valence-electron chi connectivity index (χ0n) is 12.6. The molecule has 0 radical (unpaired) electrons. The van der Waals surface area contributed by atoms with Crippen molar-refractivity contribution >= 4 is 28.5 Å². The molecule has 2 aromatic rings. The normalized spacial score (nSPS) is 17.8. The van der Waals surface area contributed by atoms with Gasteiger partial charge in [0.2, 0.25) is 5.91 Å². The topological polar surface area (TPSA) is 84.7 Å². The maximum absolute atomic E-state index is 12.6. The van der Waals surface area contributed by atoms with Crippen molar-refractivity contribution in [3.63, 3.8) is 0 Å². The molecule has 3 rings (SSSR count). The number of nitrogens with one attached hydrogen (secondary N) is 1. The zero-order valence-corrected chi connectivity index (χ0v) is 13.4. The average molecular weight is 331 g/mol. The standard InChI is InChI=1S/C16H17N3O3S/c1-11-6-8-12(9-7-11)22-23(21)19-10-14(16(17)20)18-13-4-2-3-5-15(13)19/h2-9,14,18H,10H2,1H3,(H2,17,20). The molecule has 1 heterocycles. The summed E-state index contributed by atoms with van der Waals surface area (Å²) in [5.41, 5.74) is 7.88. The monoisotopic (exact) mass is 331 g/mol. The van der Waals surface area contributed by atoms with E-state index in [9.17, 15) is 9.00 Å². The Morgan fingerprint density at radius 3 is 2.65 bits per heavy atom. The molecule has 7 heteroatoms. The van der Waals surface area contributed by atoms with E-state index in [0.29, 0.717) is 17.1 Å². The Balaban J connectivity index is 1.86. The van der Waals surface area contributed by atoms with Gasteiger partial charge in [-0.25, -0.2) is 0 Å². The molecular weight excluding hydrogens is 314 g/mol. The van der Waals surface area contributed by atoms with Crippen LogP contribution in [0, 0.1) is 6.92 Å². The number of rotatable bonds is 4. The van der Waals surface area contributed by atoms with Crippen molar-refractivity contribution in [2.24, 2.45) is 5.73 Å². The molecule has 2 aromatic carbocycles. The third-order valence-electron chi connectivity index (χ3n) is 3.56. The van der Waals surface area contributed by atoms with Gasteiger partial charge in [0.25, 0.3) is 0 Å². The first kappa shape index (κ1) is 15.4. The van der Waals surface area contributed by atoms with Crippen molar-refractivity contribution in [1.29, 1.82) is 0 Å². The Morgan fingerprint density at radius 1 is 1.26 bits per heavy atom. The SMILES string of the molecule is Cc1ccc(OS(=O)N2CC(C(N)=O)Nc3ccccc32)cc1. The van der Waals surface area contributed by atoms with Crippen molar-refractivity contribution in [1.82, 2.24) is 0 Å². The molecule has 23 heavy (non-hydrogen) atoms. The molecule has 2 atom stereocenters. The average Bonchev–Trinajstić information content (AvgIpc) is 2.55. The van der Waals surface area contributed by atoms with Crippen molar-refractivity contribution < 1.29 is 13.2 Å². The quantitative estimate of drug-likeness (QED) is 0.894. The van der Waals surface area contributed by atoms with Gasteiger partial charge in [0, 0.05) is 0 Å². The molecule has 0 aromatic heterocycles. The number of primary amides is 1. The first-order valence-electron chi connectivity index (χ1n) is 7.14. The lowest BCUT2D eigenvalue weighted by Gasteiger charge is -2.33. The highest BCUT2D eigenvalue weighted by Gasteiger charge is 2.31. The van der Waals surface area contributed by atoms with E-state index in [1.165, 1.54) is 4.31 Å². The molecule has 0 aliphatic carbocycles. The van der Waals surface area contributed by atoms with Crippen molar-refractivity contribution in [3.8, 4) is 5.75 Å². The number of hydrogen-bond acceptors (Lipinski definition) is 4. The maximum atomic E-state index is 12.6. The van der Waals surface area contributed by atoms with Crippen LogP contribution in [0.15, 0.2) is 48.5 Å². The zero-order chi connectivity index (χ0) is 16.4. The summed E-state index contributed by atoms with van der Waals surface area (Å²) in [5, 5.41) is 3.05. The molecule has 6 nitrogen and oxygen atoms in total. The van der Waals surface area contributed by atoms with Gasteiger partial charge >= 0.3 is 11.3 Å². The lowest BCUT2D eigenvalue weighted by Crippen LogP contribution is -2.49. The minimum absolute atomic E-state index is 0.171. The molecule has 3 N–H and O–H groups in total. The highest BCUT2D eigenvalue weighted by atomic mass is 32.2. The number of hydrogen-bond donors (Lipinski definition) is 2. The molecule has 0 fully saturated rings.